The Hall–Kier alpha value is -1.17. The molecule has 5 nitrogen and oxygen atoms in total. The molecule has 2 amide bonds. The van der Waals surface area contributed by atoms with Crippen LogP contribution in [0.3, 0.4) is 0 Å². The summed E-state index contributed by atoms with van der Waals surface area (Å²) < 4.78 is 2.22. The molecule has 21 heavy (non-hydrogen) atoms. The maximum atomic E-state index is 12.2. The maximum absolute atomic E-state index is 12.2. The van der Waals surface area contributed by atoms with E-state index in [4.69, 9.17) is 0 Å². The summed E-state index contributed by atoms with van der Waals surface area (Å²) in [7, 11) is 1.90. The molecule has 1 aromatic rings. The normalized spacial score (nSPS) is 24.6. The van der Waals surface area contributed by atoms with Crippen molar-refractivity contribution in [3.05, 3.63) is 18.2 Å². The van der Waals surface area contributed by atoms with Crippen LogP contribution < -0.4 is 5.32 Å². The number of rotatable bonds is 4. The van der Waals surface area contributed by atoms with Crippen LogP contribution in [0.2, 0.25) is 0 Å². The van der Waals surface area contributed by atoms with Crippen molar-refractivity contribution in [3.63, 3.8) is 0 Å². The highest BCUT2D eigenvalue weighted by Crippen LogP contribution is 2.25. The molecule has 1 N–H and O–H groups in total. The van der Waals surface area contributed by atoms with E-state index in [1.807, 2.05) is 36.1 Å². The van der Waals surface area contributed by atoms with Gasteiger partial charge in [0.25, 0.3) is 0 Å². The van der Waals surface area contributed by atoms with E-state index in [2.05, 4.69) is 14.9 Å². The molecule has 0 aliphatic carbocycles. The van der Waals surface area contributed by atoms with E-state index in [0.29, 0.717) is 11.2 Å². The third kappa shape index (κ3) is 3.73. The molecule has 3 heterocycles. The molecule has 2 aliphatic heterocycles. The number of thioether (sulfide) groups is 1. The van der Waals surface area contributed by atoms with Crippen LogP contribution in [-0.4, -0.2) is 51.6 Å². The number of fused-ring (bicyclic) bond motifs is 1. The summed E-state index contributed by atoms with van der Waals surface area (Å²) in [5, 5.41) is 3.69. The number of nitrogens with zero attached hydrogens (tertiary/aromatic N) is 3. The lowest BCUT2D eigenvalue weighted by Crippen LogP contribution is -2.43. The summed E-state index contributed by atoms with van der Waals surface area (Å²) in [6, 6.07) is 0.0685. The average molecular weight is 308 g/mol. The van der Waals surface area contributed by atoms with Gasteiger partial charge in [0.1, 0.15) is 5.82 Å². The zero-order valence-corrected chi connectivity index (χ0v) is 13.4. The second kappa shape index (κ2) is 6.73. The van der Waals surface area contributed by atoms with Crippen LogP contribution in [0.5, 0.6) is 0 Å². The molecule has 116 valence electrons. The molecule has 2 aliphatic rings. The van der Waals surface area contributed by atoms with Crippen LogP contribution in [0.4, 0.5) is 4.79 Å². The first-order chi connectivity index (χ1) is 10.2. The van der Waals surface area contributed by atoms with Crippen LogP contribution in [0.1, 0.15) is 25.1 Å². The van der Waals surface area contributed by atoms with Crippen molar-refractivity contribution in [3.8, 4) is 0 Å². The highest BCUT2D eigenvalue weighted by Gasteiger charge is 2.22. The Balaban J connectivity index is 1.43. The minimum atomic E-state index is 0.0685. The first-order valence-corrected chi connectivity index (χ1v) is 8.88. The lowest BCUT2D eigenvalue weighted by atomic mass is 9.99. The van der Waals surface area contributed by atoms with E-state index in [9.17, 15) is 4.79 Å². The van der Waals surface area contributed by atoms with Crippen molar-refractivity contribution in [1.29, 1.82) is 0 Å². The largest absolute Gasteiger partial charge is 0.337 e. The third-order valence-corrected chi connectivity index (χ3v) is 5.81. The molecule has 3 rings (SSSR count). The van der Waals surface area contributed by atoms with Gasteiger partial charge in [-0.15, -0.1) is 0 Å². The van der Waals surface area contributed by atoms with Crippen molar-refractivity contribution in [1.82, 2.24) is 19.8 Å². The number of aryl methyl sites for hydroxylation is 1. The van der Waals surface area contributed by atoms with Crippen LogP contribution in [0, 0.1) is 5.92 Å². The van der Waals surface area contributed by atoms with E-state index >= 15 is 0 Å². The van der Waals surface area contributed by atoms with Crippen LogP contribution in [0.15, 0.2) is 12.4 Å². The summed E-state index contributed by atoms with van der Waals surface area (Å²) in [4.78, 5) is 18.3. The molecule has 0 saturated carbocycles. The van der Waals surface area contributed by atoms with Crippen molar-refractivity contribution >= 4 is 17.8 Å². The molecule has 1 aromatic heterocycles. The molecule has 0 bridgehead atoms. The number of imidazole rings is 1. The smallest absolute Gasteiger partial charge is 0.317 e. The standard InChI is InChI=1S/C15H24N4OS/c1-18(15(20)17-9-13-3-2-8-21-13)10-12-4-5-14-16-6-7-19(14)11-12/h6-7,12-13H,2-5,8-11H2,1H3,(H,17,20)/t12-,13-/m0/s1. The van der Waals surface area contributed by atoms with E-state index in [1.54, 1.807) is 0 Å². The number of hydrogen-bond donors (Lipinski definition) is 1. The minimum absolute atomic E-state index is 0.0685. The van der Waals surface area contributed by atoms with E-state index < -0.39 is 0 Å². The Bertz CT molecular complexity index is 484. The van der Waals surface area contributed by atoms with Gasteiger partial charge in [0.15, 0.2) is 0 Å². The van der Waals surface area contributed by atoms with Gasteiger partial charge in [-0.05, 0) is 30.9 Å². The van der Waals surface area contributed by atoms with E-state index in [1.165, 1.54) is 24.4 Å². The number of urea groups is 1. The Kier molecular flexibility index (Phi) is 4.73. The third-order valence-electron chi connectivity index (χ3n) is 4.42. The van der Waals surface area contributed by atoms with Crippen LogP contribution >= 0.6 is 11.8 Å². The predicted octanol–water partition coefficient (Wildman–Crippen LogP) is 1.98. The zero-order valence-electron chi connectivity index (χ0n) is 12.6. The fraction of sp³-hybridized carbons (Fsp3) is 0.733. The van der Waals surface area contributed by atoms with Crippen LogP contribution in [-0.2, 0) is 13.0 Å². The molecule has 1 saturated heterocycles. The number of nitrogens with one attached hydrogen (secondary N) is 1. The molecular weight excluding hydrogens is 284 g/mol. The van der Waals surface area contributed by atoms with Gasteiger partial charge in [0, 0.05) is 50.7 Å². The van der Waals surface area contributed by atoms with Gasteiger partial charge in [-0.25, -0.2) is 9.78 Å². The van der Waals surface area contributed by atoms with Gasteiger partial charge in [0.05, 0.1) is 0 Å². The summed E-state index contributed by atoms with van der Waals surface area (Å²) in [6.07, 6.45) is 8.57. The molecule has 0 unspecified atom stereocenters. The van der Waals surface area contributed by atoms with Gasteiger partial charge in [0.2, 0.25) is 0 Å². The number of carbonyl (C=O) groups is 1. The quantitative estimate of drug-likeness (QED) is 0.925. The zero-order chi connectivity index (χ0) is 14.7. The Labute approximate surface area is 130 Å². The summed E-state index contributed by atoms with van der Waals surface area (Å²) in [5.74, 6) is 2.95. The summed E-state index contributed by atoms with van der Waals surface area (Å²) in [5.41, 5.74) is 0. The predicted molar refractivity (Wildman–Crippen MR) is 85.5 cm³/mol. The van der Waals surface area contributed by atoms with Crippen molar-refractivity contribution in [2.75, 3.05) is 25.9 Å². The second-order valence-corrected chi connectivity index (χ2v) is 7.51. The fourth-order valence-electron chi connectivity index (χ4n) is 3.20. The monoisotopic (exact) mass is 308 g/mol. The second-order valence-electron chi connectivity index (χ2n) is 6.10. The number of carbonyl (C=O) groups excluding carboxylic acids is 1. The molecular formula is C15H24N4OS. The first-order valence-electron chi connectivity index (χ1n) is 7.83. The van der Waals surface area contributed by atoms with Gasteiger partial charge in [-0.3, -0.25) is 0 Å². The van der Waals surface area contributed by atoms with E-state index in [0.717, 1.165) is 32.5 Å². The van der Waals surface area contributed by atoms with Crippen LogP contribution in [0.25, 0.3) is 0 Å². The van der Waals surface area contributed by atoms with Crippen molar-refractivity contribution in [2.24, 2.45) is 5.92 Å². The lowest BCUT2D eigenvalue weighted by molar-refractivity contribution is 0.192. The number of hydrogen-bond acceptors (Lipinski definition) is 3. The number of aromatic nitrogens is 2. The van der Waals surface area contributed by atoms with Crippen molar-refractivity contribution in [2.45, 2.75) is 37.5 Å². The lowest BCUT2D eigenvalue weighted by Gasteiger charge is -2.28. The van der Waals surface area contributed by atoms with E-state index in [-0.39, 0.29) is 6.03 Å². The molecule has 0 aromatic carbocycles. The first kappa shape index (κ1) is 14.8. The molecule has 0 spiro atoms. The summed E-state index contributed by atoms with van der Waals surface area (Å²) in [6.45, 7) is 2.61. The Morgan fingerprint density at radius 1 is 1.57 bits per heavy atom. The molecule has 1 fully saturated rings. The Morgan fingerprint density at radius 3 is 3.29 bits per heavy atom. The SMILES string of the molecule is CN(C[C@@H]1CCc2nccn2C1)C(=O)NC[C@@H]1CCCS1. The highest BCUT2D eigenvalue weighted by molar-refractivity contribution is 8.00. The van der Waals surface area contributed by atoms with Gasteiger partial charge in [-0.1, -0.05) is 0 Å². The van der Waals surface area contributed by atoms with Crippen molar-refractivity contribution < 1.29 is 4.79 Å². The highest BCUT2D eigenvalue weighted by atomic mass is 32.2. The molecule has 2 atom stereocenters. The molecule has 0 radical (unpaired) electrons. The fourth-order valence-corrected chi connectivity index (χ4v) is 4.40. The van der Waals surface area contributed by atoms with Gasteiger partial charge in [-0.2, -0.15) is 11.8 Å². The molecule has 6 heteroatoms. The summed E-state index contributed by atoms with van der Waals surface area (Å²) >= 11 is 1.98. The maximum Gasteiger partial charge on any atom is 0.317 e. The van der Waals surface area contributed by atoms with Gasteiger partial charge < -0.3 is 14.8 Å². The average Bonchev–Trinajstić information content (AvgIpc) is 3.15. The minimum Gasteiger partial charge on any atom is -0.337 e. The Morgan fingerprint density at radius 2 is 2.48 bits per heavy atom. The topological polar surface area (TPSA) is 50.2 Å². The number of amides is 2. The van der Waals surface area contributed by atoms with Gasteiger partial charge >= 0.3 is 6.03 Å².